The number of para-hydroxylation sites is 3. The molecule has 0 aliphatic rings. The van der Waals surface area contributed by atoms with E-state index >= 15 is 0 Å². The fourth-order valence-electron chi connectivity index (χ4n) is 2.69. The quantitative estimate of drug-likeness (QED) is 0.613. The van der Waals surface area contributed by atoms with Crippen LogP contribution in [0.25, 0.3) is 0 Å². The molecule has 0 radical (unpaired) electrons. The van der Waals surface area contributed by atoms with Crippen LogP contribution < -0.4 is 20.3 Å². The maximum absolute atomic E-state index is 12.8. The first-order valence-corrected chi connectivity index (χ1v) is 9.35. The van der Waals surface area contributed by atoms with E-state index in [4.69, 9.17) is 4.74 Å². The highest BCUT2D eigenvalue weighted by Gasteiger charge is 2.16. The van der Waals surface area contributed by atoms with Crippen LogP contribution in [-0.4, -0.2) is 31.6 Å². The SMILES string of the molecule is O=C(COc1ccccc1)NCCN(C(=O)Nc1ccccc1)c1ccccc1. The summed E-state index contributed by atoms with van der Waals surface area (Å²) in [5.41, 5.74) is 1.45. The molecule has 6 heteroatoms. The van der Waals surface area contributed by atoms with Crippen LogP contribution in [0.5, 0.6) is 5.75 Å². The van der Waals surface area contributed by atoms with Gasteiger partial charge in [-0.05, 0) is 36.4 Å². The van der Waals surface area contributed by atoms with Gasteiger partial charge in [0.2, 0.25) is 0 Å². The van der Waals surface area contributed by atoms with Crippen molar-refractivity contribution in [3.63, 3.8) is 0 Å². The van der Waals surface area contributed by atoms with Gasteiger partial charge in [-0.25, -0.2) is 4.79 Å². The van der Waals surface area contributed by atoms with Crippen molar-refractivity contribution in [2.45, 2.75) is 0 Å². The summed E-state index contributed by atoms with van der Waals surface area (Å²) in [6.45, 7) is 0.541. The number of rotatable bonds is 8. The number of urea groups is 1. The zero-order valence-corrected chi connectivity index (χ0v) is 16.0. The van der Waals surface area contributed by atoms with Crippen molar-refractivity contribution in [2.75, 3.05) is 29.9 Å². The molecule has 3 aromatic carbocycles. The second-order valence-corrected chi connectivity index (χ2v) is 6.24. The first-order valence-electron chi connectivity index (χ1n) is 9.35. The van der Waals surface area contributed by atoms with Gasteiger partial charge in [-0.15, -0.1) is 0 Å². The smallest absolute Gasteiger partial charge is 0.326 e. The van der Waals surface area contributed by atoms with Gasteiger partial charge in [0.1, 0.15) is 5.75 Å². The maximum atomic E-state index is 12.8. The standard InChI is InChI=1S/C23H23N3O3/c27-22(18-29-21-14-8-3-9-15-21)24-16-17-26(20-12-6-2-7-13-20)23(28)25-19-10-4-1-5-11-19/h1-15H,16-18H2,(H,24,27)(H,25,28). The van der Waals surface area contributed by atoms with E-state index in [1.165, 1.54) is 0 Å². The van der Waals surface area contributed by atoms with Crippen LogP contribution in [0.4, 0.5) is 16.2 Å². The number of hydrogen-bond donors (Lipinski definition) is 2. The summed E-state index contributed by atoms with van der Waals surface area (Å²) < 4.78 is 5.43. The molecule has 0 heterocycles. The number of carbonyl (C=O) groups is 2. The highest BCUT2D eigenvalue weighted by Crippen LogP contribution is 2.15. The van der Waals surface area contributed by atoms with Gasteiger partial charge in [0, 0.05) is 24.5 Å². The van der Waals surface area contributed by atoms with Crippen LogP contribution in [0.3, 0.4) is 0 Å². The number of benzene rings is 3. The fourth-order valence-corrected chi connectivity index (χ4v) is 2.69. The van der Waals surface area contributed by atoms with Crippen molar-refractivity contribution in [3.05, 3.63) is 91.0 Å². The molecule has 3 aromatic rings. The van der Waals surface area contributed by atoms with E-state index in [-0.39, 0.29) is 18.5 Å². The molecule has 0 fully saturated rings. The van der Waals surface area contributed by atoms with Gasteiger partial charge in [0.25, 0.3) is 5.91 Å². The molecular formula is C23H23N3O3. The molecule has 0 spiro atoms. The van der Waals surface area contributed by atoms with Gasteiger partial charge >= 0.3 is 6.03 Å². The third-order valence-corrected chi connectivity index (χ3v) is 4.11. The Bertz CT molecular complexity index is 902. The topological polar surface area (TPSA) is 70.7 Å². The van der Waals surface area contributed by atoms with Crippen LogP contribution in [0.1, 0.15) is 0 Å². The predicted molar refractivity (Wildman–Crippen MR) is 114 cm³/mol. The van der Waals surface area contributed by atoms with Crippen LogP contribution in [0.15, 0.2) is 91.0 Å². The lowest BCUT2D eigenvalue weighted by Gasteiger charge is -2.23. The number of anilines is 2. The van der Waals surface area contributed by atoms with Crippen LogP contribution in [0, 0.1) is 0 Å². The van der Waals surface area contributed by atoms with E-state index < -0.39 is 0 Å². The summed E-state index contributed by atoms with van der Waals surface area (Å²) in [5.74, 6) is 0.390. The molecule has 3 rings (SSSR count). The Kier molecular flexibility index (Phi) is 7.23. The normalized spacial score (nSPS) is 10.1. The van der Waals surface area contributed by atoms with E-state index in [0.29, 0.717) is 24.5 Å². The number of hydrogen-bond acceptors (Lipinski definition) is 3. The molecule has 0 bridgehead atoms. The molecule has 6 nitrogen and oxygen atoms in total. The highest BCUT2D eigenvalue weighted by molar-refractivity contribution is 6.01. The second-order valence-electron chi connectivity index (χ2n) is 6.24. The third-order valence-electron chi connectivity index (χ3n) is 4.11. The molecule has 0 saturated heterocycles. The average Bonchev–Trinajstić information content (AvgIpc) is 2.77. The number of ether oxygens (including phenoxy) is 1. The van der Waals surface area contributed by atoms with E-state index in [1.54, 1.807) is 17.0 Å². The summed E-state index contributed by atoms with van der Waals surface area (Å²) >= 11 is 0. The van der Waals surface area contributed by atoms with E-state index in [0.717, 1.165) is 5.69 Å². The van der Waals surface area contributed by atoms with E-state index in [9.17, 15) is 9.59 Å². The minimum absolute atomic E-state index is 0.0778. The van der Waals surface area contributed by atoms with Gasteiger partial charge in [-0.1, -0.05) is 54.6 Å². The van der Waals surface area contributed by atoms with Gasteiger partial charge in [-0.3, -0.25) is 9.69 Å². The summed E-state index contributed by atoms with van der Waals surface area (Å²) in [6, 6.07) is 27.5. The molecule has 2 N–H and O–H groups in total. The lowest BCUT2D eigenvalue weighted by atomic mass is 10.3. The minimum Gasteiger partial charge on any atom is -0.484 e. The molecule has 29 heavy (non-hydrogen) atoms. The van der Waals surface area contributed by atoms with Crippen molar-refractivity contribution >= 4 is 23.3 Å². The summed E-state index contributed by atoms with van der Waals surface area (Å²) in [4.78, 5) is 26.4. The number of carbonyl (C=O) groups excluding carboxylic acids is 2. The molecule has 0 aromatic heterocycles. The third kappa shape index (κ3) is 6.39. The molecule has 0 aliphatic carbocycles. The van der Waals surface area contributed by atoms with Crippen molar-refractivity contribution in [2.24, 2.45) is 0 Å². The van der Waals surface area contributed by atoms with Crippen LogP contribution >= 0.6 is 0 Å². The van der Waals surface area contributed by atoms with Crippen LogP contribution in [-0.2, 0) is 4.79 Å². The van der Waals surface area contributed by atoms with E-state index in [1.807, 2.05) is 78.9 Å². The molecule has 0 unspecified atom stereocenters. The molecule has 3 amide bonds. The van der Waals surface area contributed by atoms with Crippen LogP contribution in [0.2, 0.25) is 0 Å². The Labute approximate surface area is 170 Å². The van der Waals surface area contributed by atoms with Crippen molar-refractivity contribution < 1.29 is 14.3 Å². The lowest BCUT2D eigenvalue weighted by molar-refractivity contribution is -0.123. The monoisotopic (exact) mass is 389 g/mol. The highest BCUT2D eigenvalue weighted by atomic mass is 16.5. The number of nitrogens with one attached hydrogen (secondary N) is 2. The van der Waals surface area contributed by atoms with Gasteiger partial charge in [0.15, 0.2) is 6.61 Å². The Balaban J connectivity index is 1.54. The zero-order valence-electron chi connectivity index (χ0n) is 16.0. The fraction of sp³-hybridized carbons (Fsp3) is 0.130. The summed E-state index contributed by atoms with van der Waals surface area (Å²) in [5, 5.41) is 5.66. The molecule has 0 atom stereocenters. The van der Waals surface area contributed by atoms with Crippen molar-refractivity contribution in [1.82, 2.24) is 5.32 Å². The molecule has 148 valence electrons. The maximum Gasteiger partial charge on any atom is 0.326 e. The Morgan fingerprint density at radius 1 is 0.793 bits per heavy atom. The molecule has 0 saturated carbocycles. The average molecular weight is 389 g/mol. The van der Waals surface area contributed by atoms with Gasteiger partial charge in [-0.2, -0.15) is 0 Å². The Hall–Kier alpha value is -3.80. The molecule has 0 aliphatic heterocycles. The van der Waals surface area contributed by atoms with Crippen molar-refractivity contribution in [3.8, 4) is 5.75 Å². The summed E-state index contributed by atoms with van der Waals surface area (Å²) in [7, 11) is 0. The first-order chi connectivity index (χ1) is 14.2. The second kappa shape index (κ2) is 10.5. The first kappa shape index (κ1) is 19.9. The Morgan fingerprint density at radius 2 is 1.38 bits per heavy atom. The zero-order chi connectivity index (χ0) is 20.3. The van der Waals surface area contributed by atoms with Gasteiger partial charge < -0.3 is 15.4 Å². The largest absolute Gasteiger partial charge is 0.484 e. The minimum atomic E-state index is -0.266. The van der Waals surface area contributed by atoms with E-state index in [2.05, 4.69) is 10.6 Å². The van der Waals surface area contributed by atoms with Gasteiger partial charge in [0.05, 0.1) is 0 Å². The Morgan fingerprint density at radius 3 is 2.03 bits per heavy atom. The molecular weight excluding hydrogens is 366 g/mol. The lowest BCUT2D eigenvalue weighted by Crippen LogP contribution is -2.41. The van der Waals surface area contributed by atoms with Crippen molar-refractivity contribution in [1.29, 1.82) is 0 Å². The number of nitrogens with zero attached hydrogens (tertiary/aromatic N) is 1. The predicted octanol–water partition coefficient (Wildman–Crippen LogP) is 3.92. The number of amides is 3. The summed E-state index contributed by atoms with van der Waals surface area (Å²) in [6.07, 6.45) is 0.